The Balaban J connectivity index is 2.36. The molecule has 0 bridgehead atoms. The lowest BCUT2D eigenvalue weighted by molar-refractivity contribution is 0.130. The number of hydrogen-bond donors (Lipinski definition) is 0. The summed E-state index contributed by atoms with van der Waals surface area (Å²) in [4.78, 5) is 4.64. The van der Waals surface area contributed by atoms with Crippen LogP contribution < -0.4 is 0 Å². The Kier molecular flexibility index (Phi) is 8.12. The molecule has 0 atom stereocenters. The highest BCUT2D eigenvalue weighted by Crippen LogP contribution is 2.33. The summed E-state index contributed by atoms with van der Waals surface area (Å²) >= 11 is 0. The topological polar surface area (TPSA) is 30.3 Å². The van der Waals surface area contributed by atoms with Crippen molar-refractivity contribution in [1.82, 2.24) is 9.80 Å². The van der Waals surface area contributed by atoms with Gasteiger partial charge < -0.3 is 4.90 Å². The Morgan fingerprint density at radius 3 is 2.52 bits per heavy atom. The maximum Gasteiger partial charge on any atom is 0.0627 e. The summed E-state index contributed by atoms with van der Waals surface area (Å²) in [6.07, 6.45) is 9.43. The van der Waals surface area contributed by atoms with Crippen molar-refractivity contribution in [2.75, 3.05) is 33.2 Å². The zero-order chi connectivity index (χ0) is 17.3. The van der Waals surface area contributed by atoms with Gasteiger partial charge in [-0.25, -0.2) is 0 Å². The maximum atomic E-state index is 8.92. The van der Waals surface area contributed by atoms with E-state index in [9.17, 15) is 0 Å². The molecule has 1 rings (SSSR count). The van der Waals surface area contributed by atoms with Crippen LogP contribution in [0, 0.1) is 16.7 Å². The number of piperidine rings is 1. The predicted molar refractivity (Wildman–Crippen MR) is 99.0 cm³/mol. The minimum Gasteiger partial charge on any atom is -0.375 e. The Bertz CT molecular complexity index is 462. The van der Waals surface area contributed by atoms with Crippen molar-refractivity contribution in [3.8, 4) is 6.07 Å². The van der Waals surface area contributed by atoms with E-state index in [0.717, 1.165) is 50.3 Å². The van der Waals surface area contributed by atoms with Crippen LogP contribution >= 0.6 is 0 Å². The lowest BCUT2D eigenvalue weighted by Crippen LogP contribution is -2.39. The molecule has 0 aromatic rings. The van der Waals surface area contributed by atoms with Crippen molar-refractivity contribution in [3.05, 3.63) is 36.6 Å². The number of likely N-dealkylation sites (tertiary alicyclic amines) is 1. The average molecular weight is 316 g/mol. The average Bonchev–Trinajstić information content (AvgIpc) is 2.52. The number of nitriles is 1. The molecule has 23 heavy (non-hydrogen) atoms. The summed E-state index contributed by atoms with van der Waals surface area (Å²) in [5.41, 5.74) is 2.37. The van der Waals surface area contributed by atoms with E-state index < -0.39 is 0 Å². The van der Waals surface area contributed by atoms with Crippen LogP contribution in [0.1, 0.15) is 46.0 Å². The van der Waals surface area contributed by atoms with Gasteiger partial charge in [0.2, 0.25) is 0 Å². The SMILES string of the molecule is C=C(/C=C\C(=C)N(C)CCCC)CN1CCC(C)(CC#N)CC1. The number of rotatable bonds is 9. The second-order valence-corrected chi connectivity index (χ2v) is 7.18. The molecule has 3 nitrogen and oxygen atoms in total. The summed E-state index contributed by atoms with van der Waals surface area (Å²) in [5, 5.41) is 8.92. The smallest absolute Gasteiger partial charge is 0.0627 e. The first-order chi connectivity index (χ1) is 10.9. The van der Waals surface area contributed by atoms with E-state index in [1.807, 2.05) is 0 Å². The van der Waals surface area contributed by atoms with Crippen LogP contribution in [0.4, 0.5) is 0 Å². The minimum absolute atomic E-state index is 0.207. The molecule has 0 aromatic heterocycles. The molecule has 0 aliphatic carbocycles. The number of nitrogens with zero attached hydrogens (tertiary/aromatic N) is 3. The van der Waals surface area contributed by atoms with E-state index in [2.05, 4.69) is 62.1 Å². The second-order valence-electron chi connectivity index (χ2n) is 7.18. The Morgan fingerprint density at radius 2 is 1.96 bits per heavy atom. The van der Waals surface area contributed by atoms with Gasteiger partial charge in [0, 0.05) is 32.3 Å². The molecule has 1 saturated heterocycles. The van der Waals surface area contributed by atoms with Gasteiger partial charge in [-0.3, -0.25) is 4.90 Å². The van der Waals surface area contributed by atoms with Gasteiger partial charge in [0.05, 0.1) is 6.07 Å². The molecular weight excluding hydrogens is 282 g/mol. The van der Waals surface area contributed by atoms with Crippen LogP contribution in [0.15, 0.2) is 36.6 Å². The van der Waals surface area contributed by atoms with Crippen LogP contribution in [0.2, 0.25) is 0 Å². The summed E-state index contributed by atoms with van der Waals surface area (Å²) in [6, 6.07) is 2.33. The van der Waals surface area contributed by atoms with Crippen LogP contribution in [0.5, 0.6) is 0 Å². The first kappa shape index (κ1) is 19.5. The van der Waals surface area contributed by atoms with E-state index in [1.165, 1.54) is 12.8 Å². The van der Waals surface area contributed by atoms with Crippen molar-refractivity contribution in [2.45, 2.75) is 46.0 Å². The van der Waals surface area contributed by atoms with Gasteiger partial charge in [0.1, 0.15) is 0 Å². The Labute approximate surface area is 143 Å². The zero-order valence-corrected chi connectivity index (χ0v) is 15.3. The van der Waals surface area contributed by atoms with E-state index in [0.29, 0.717) is 6.42 Å². The molecule has 0 unspecified atom stereocenters. The van der Waals surface area contributed by atoms with E-state index in [4.69, 9.17) is 5.26 Å². The van der Waals surface area contributed by atoms with Crippen molar-refractivity contribution in [1.29, 1.82) is 5.26 Å². The normalized spacial score (nSPS) is 17.8. The molecule has 0 spiro atoms. The fourth-order valence-corrected chi connectivity index (χ4v) is 2.84. The monoisotopic (exact) mass is 315 g/mol. The number of likely N-dealkylation sites (N-methyl/N-ethyl adjacent to an activating group) is 1. The summed E-state index contributed by atoms with van der Waals surface area (Å²) in [6.45, 7) is 16.8. The maximum absolute atomic E-state index is 8.92. The van der Waals surface area contributed by atoms with Crippen molar-refractivity contribution in [3.63, 3.8) is 0 Å². The standard InChI is InChI=1S/C20H33N3/c1-6-7-14-22(5)19(3)9-8-18(2)17-23-15-11-20(4,10-13-21)12-16-23/h8-9H,2-3,6-7,10-12,14-17H2,1,4-5H3/b9-8-. The molecule has 1 heterocycles. The number of unbranched alkanes of at least 4 members (excludes halogenated alkanes) is 1. The van der Waals surface area contributed by atoms with Crippen LogP contribution in [-0.4, -0.2) is 43.0 Å². The molecule has 0 N–H and O–H groups in total. The predicted octanol–water partition coefficient (Wildman–Crippen LogP) is 4.36. The zero-order valence-electron chi connectivity index (χ0n) is 15.3. The molecule has 1 aliphatic heterocycles. The highest BCUT2D eigenvalue weighted by atomic mass is 15.1. The van der Waals surface area contributed by atoms with Crippen LogP contribution in [0.3, 0.4) is 0 Å². The van der Waals surface area contributed by atoms with Crippen molar-refractivity contribution in [2.24, 2.45) is 5.41 Å². The lowest BCUT2D eigenvalue weighted by atomic mass is 9.78. The van der Waals surface area contributed by atoms with Gasteiger partial charge in [-0.2, -0.15) is 5.26 Å². The van der Waals surface area contributed by atoms with Gasteiger partial charge in [0.15, 0.2) is 0 Å². The molecule has 0 radical (unpaired) electrons. The van der Waals surface area contributed by atoms with Gasteiger partial charge >= 0.3 is 0 Å². The highest BCUT2D eigenvalue weighted by Gasteiger charge is 2.29. The van der Waals surface area contributed by atoms with Crippen molar-refractivity contribution >= 4 is 0 Å². The summed E-state index contributed by atoms with van der Waals surface area (Å²) in [7, 11) is 2.09. The third-order valence-corrected chi connectivity index (χ3v) is 4.84. The minimum atomic E-state index is 0.207. The third-order valence-electron chi connectivity index (χ3n) is 4.84. The third kappa shape index (κ3) is 7.05. The second kappa shape index (κ2) is 9.57. The van der Waals surface area contributed by atoms with E-state index in [1.54, 1.807) is 0 Å². The van der Waals surface area contributed by atoms with Gasteiger partial charge in [-0.15, -0.1) is 0 Å². The molecule has 0 saturated carbocycles. The van der Waals surface area contributed by atoms with Crippen LogP contribution in [-0.2, 0) is 0 Å². The van der Waals surface area contributed by atoms with Crippen LogP contribution in [0.25, 0.3) is 0 Å². The molecule has 128 valence electrons. The highest BCUT2D eigenvalue weighted by molar-refractivity contribution is 5.24. The fourth-order valence-electron chi connectivity index (χ4n) is 2.84. The molecular formula is C20H33N3. The fraction of sp³-hybridized carbons (Fsp3) is 0.650. The van der Waals surface area contributed by atoms with Gasteiger partial charge in [-0.1, -0.05) is 39.5 Å². The van der Waals surface area contributed by atoms with Gasteiger partial charge in [-0.05, 0) is 49.4 Å². The van der Waals surface area contributed by atoms with E-state index >= 15 is 0 Å². The largest absolute Gasteiger partial charge is 0.375 e. The van der Waals surface area contributed by atoms with Crippen molar-refractivity contribution < 1.29 is 0 Å². The van der Waals surface area contributed by atoms with E-state index in [-0.39, 0.29) is 5.41 Å². The molecule has 0 amide bonds. The quantitative estimate of drug-likeness (QED) is 0.592. The Hall–Kier alpha value is -1.53. The lowest BCUT2D eigenvalue weighted by Gasteiger charge is -2.38. The van der Waals surface area contributed by atoms with Gasteiger partial charge in [0.25, 0.3) is 0 Å². The number of hydrogen-bond acceptors (Lipinski definition) is 3. The summed E-state index contributed by atoms with van der Waals surface area (Å²) in [5.74, 6) is 0. The first-order valence-corrected chi connectivity index (χ1v) is 8.75. The Morgan fingerprint density at radius 1 is 1.30 bits per heavy atom. The number of allylic oxidation sites excluding steroid dienone is 1. The molecule has 1 fully saturated rings. The molecule has 3 heteroatoms. The molecule has 0 aromatic carbocycles. The first-order valence-electron chi connectivity index (χ1n) is 8.75. The molecule has 1 aliphatic rings. The summed E-state index contributed by atoms with van der Waals surface area (Å²) < 4.78 is 0.